The lowest BCUT2D eigenvalue weighted by atomic mass is 9.95. The first-order chi connectivity index (χ1) is 18.8. The number of hydrogen-bond acceptors (Lipinski definition) is 4. The fourth-order valence-corrected chi connectivity index (χ4v) is 6.57. The maximum absolute atomic E-state index is 14.1. The minimum Gasteiger partial charge on any atom is -0.352 e. The highest BCUT2D eigenvalue weighted by molar-refractivity contribution is 7.90. The lowest BCUT2D eigenvalue weighted by Crippen LogP contribution is -2.54. The van der Waals surface area contributed by atoms with Crippen LogP contribution in [-0.2, 0) is 26.3 Å². The van der Waals surface area contributed by atoms with Crippen LogP contribution in [0.2, 0.25) is 10.0 Å². The van der Waals surface area contributed by atoms with E-state index in [0.29, 0.717) is 33.3 Å². The summed E-state index contributed by atoms with van der Waals surface area (Å²) in [4.78, 5) is 29.1. The second-order valence-electron chi connectivity index (χ2n) is 10.6. The molecule has 0 heterocycles. The summed E-state index contributed by atoms with van der Waals surface area (Å²) >= 11 is 12.6. The van der Waals surface area contributed by atoms with Gasteiger partial charge in [-0.3, -0.25) is 9.59 Å². The van der Waals surface area contributed by atoms with E-state index in [1.165, 1.54) is 19.0 Å². The molecular weight excluding hydrogens is 571 g/mol. The summed E-state index contributed by atoms with van der Waals surface area (Å²) in [5, 5.41) is 3.95. The van der Waals surface area contributed by atoms with Gasteiger partial charge in [0, 0.05) is 36.7 Å². The Balaban J connectivity index is 2.02. The van der Waals surface area contributed by atoms with Gasteiger partial charge in [-0.1, -0.05) is 67.6 Å². The number of nitrogens with zero attached hydrogens (tertiary/aromatic N) is 3. The van der Waals surface area contributed by atoms with E-state index in [1.807, 2.05) is 26.0 Å². The van der Waals surface area contributed by atoms with Crippen molar-refractivity contribution in [3.05, 3.63) is 63.1 Å². The number of aryl methyl sites for hydroxylation is 2. The van der Waals surface area contributed by atoms with Crippen LogP contribution in [0.1, 0.15) is 62.1 Å². The van der Waals surface area contributed by atoms with Crippen LogP contribution in [0.15, 0.2) is 36.4 Å². The average molecular weight is 612 g/mol. The minimum absolute atomic E-state index is 0.0219. The van der Waals surface area contributed by atoms with Gasteiger partial charge in [-0.25, -0.2) is 4.31 Å². The van der Waals surface area contributed by atoms with Crippen molar-refractivity contribution in [3.8, 4) is 0 Å². The molecule has 0 saturated heterocycles. The Morgan fingerprint density at radius 1 is 1.02 bits per heavy atom. The third-order valence-corrected chi connectivity index (χ3v) is 9.74. The summed E-state index contributed by atoms with van der Waals surface area (Å²) in [6, 6.07) is 9.68. The molecule has 3 rings (SSSR count). The molecule has 1 fully saturated rings. The van der Waals surface area contributed by atoms with Crippen molar-refractivity contribution in [2.24, 2.45) is 0 Å². The fourth-order valence-electron chi connectivity index (χ4n) is 4.99. The van der Waals surface area contributed by atoms with Crippen LogP contribution < -0.4 is 9.62 Å². The molecule has 1 aliphatic carbocycles. The van der Waals surface area contributed by atoms with E-state index in [2.05, 4.69) is 5.32 Å². The predicted molar refractivity (Wildman–Crippen MR) is 162 cm³/mol. The predicted octanol–water partition coefficient (Wildman–Crippen LogP) is 5.48. The van der Waals surface area contributed by atoms with Gasteiger partial charge in [0.05, 0.1) is 5.69 Å². The van der Waals surface area contributed by atoms with Crippen LogP contribution in [0.25, 0.3) is 0 Å². The Labute approximate surface area is 248 Å². The van der Waals surface area contributed by atoms with Crippen LogP contribution in [0.4, 0.5) is 5.69 Å². The zero-order chi connectivity index (χ0) is 29.6. The third kappa shape index (κ3) is 7.90. The van der Waals surface area contributed by atoms with E-state index in [9.17, 15) is 18.0 Å². The van der Waals surface area contributed by atoms with Gasteiger partial charge in [0.2, 0.25) is 11.8 Å². The van der Waals surface area contributed by atoms with Gasteiger partial charge in [-0.05, 0) is 68.0 Å². The molecule has 1 atom stereocenters. The summed E-state index contributed by atoms with van der Waals surface area (Å²) in [5.74, 6) is -0.760. The van der Waals surface area contributed by atoms with Crippen molar-refractivity contribution < 1.29 is 18.0 Å². The molecule has 11 heteroatoms. The van der Waals surface area contributed by atoms with Gasteiger partial charge in [0.15, 0.2) is 0 Å². The van der Waals surface area contributed by atoms with Crippen LogP contribution >= 0.6 is 23.2 Å². The van der Waals surface area contributed by atoms with Crippen molar-refractivity contribution in [1.29, 1.82) is 0 Å². The molecule has 0 aromatic heterocycles. The third-order valence-electron chi connectivity index (χ3n) is 7.35. The van der Waals surface area contributed by atoms with E-state index < -0.39 is 28.7 Å². The highest BCUT2D eigenvalue weighted by Crippen LogP contribution is 2.28. The highest BCUT2D eigenvalue weighted by atomic mass is 35.5. The number of amides is 2. The molecule has 0 radical (unpaired) electrons. The van der Waals surface area contributed by atoms with Gasteiger partial charge >= 0.3 is 10.2 Å². The lowest BCUT2D eigenvalue weighted by Gasteiger charge is -2.35. The summed E-state index contributed by atoms with van der Waals surface area (Å²) in [5.41, 5.74) is 2.58. The van der Waals surface area contributed by atoms with Crippen LogP contribution in [0.3, 0.4) is 0 Å². The Hall–Kier alpha value is -2.33. The molecule has 1 unspecified atom stereocenters. The van der Waals surface area contributed by atoms with Crippen molar-refractivity contribution in [2.75, 3.05) is 24.9 Å². The van der Waals surface area contributed by atoms with Crippen LogP contribution in [-0.4, -0.2) is 62.2 Å². The summed E-state index contributed by atoms with van der Waals surface area (Å²) in [6.45, 7) is 5.04. The lowest BCUT2D eigenvalue weighted by molar-refractivity contribution is -0.140. The zero-order valence-electron chi connectivity index (χ0n) is 23.9. The van der Waals surface area contributed by atoms with Gasteiger partial charge < -0.3 is 10.2 Å². The molecular formula is C29H40Cl2N4O4S. The maximum Gasteiger partial charge on any atom is 0.304 e. The molecule has 1 N–H and O–H groups in total. The topological polar surface area (TPSA) is 90.0 Å². The molecule has 8 nitrogen and oxygen atoms in total. The van der Waals surface area contributed by atoms with Crippen molar-refractivity contribution in [1.82, 2.24) is 14.5 Å². The number of carbonyl (C=O) groups is 2. The Kier molecular flexibility index (Phi) is 11.3. The first-order valence-electron chi connectivity index (χ1n) is 13.7. The van der Waals surface area contributed by atoms with E-state index >= 15 is 0 Å². The molecule has 1 saturated carbocycles. The van der Waals surface area contributed by atoms with E-state index in [-0.39, 0.29) is 18.5 Å². The monoisotopic (exact) mass is 610 g/mol. The smallest absolute Gasteiger partial charge is 0.304 e. The largest absolute Gasteiger partial charge is 0.352 e. The number of halogens is 2. The Morgan fingerprint density at radius 2 is 1.70 bits per heavy atom. The van der Waals surface area contributed by atoms with Crippen molar-refractivity contribution >= 4 is 50.9 Å². The number of benzene rings is 2. The molecule has 40 heavy (non-hydrogen) atoms. The fraction of sp³-hybridized carbons (Fsp3) is 0.517. The zero-order valence-corrected chi connectivity index (χ0v) is 26.2. The first-order valence-corrected chi connectivity index (χ1v) is 15.8. The first kappa shape index (κ1) is 32.2. The van der Waals surface area contributed by atoms with Gasteiger partial charge in [0.25, 0.3) is 0 Å². The molecule has 2 aromatic carbocycles. The second kappa shape index (κ2) is 14.0. The van der Waals surface area contributed by atoms with Gasteiger partial charge in [-0.2, -0.15) is 12.7 Å². The minimum atomic E-state index is -4.05. The maximum atomic E-state index is 14.1. The van der Waals surface area contributed by atoms with E-state index in [1.54, 1.807) is 31.2 Å². The number of hydrogen-bond donors (Lipinski definition) is 1. The van der Waals surface area contributed by atoms with Gasteiger partial charge in [-0.15, -0.1) is 0 Å². The number of carbonyl (C=O) groups excluding carboxylic acids is 2. The second-order valence-corrected chi connectivity index (χ2v) is 13.5. The van der Waals surface area contributed by atoms with Crippen LogP contribution in [0, 0.1) is 13.8 Å². The van der Waals surface area contributed by atoms with Crippen molar-refractivity contribution in [2.45, 2.75) is 77.9 Å². The van der Waals surface area contributed by atoms with Crippen LogP contribution in [0.5, 0.6) is 0 Å². The van der Waals surface area contributed by atoms with E-state index in [4.69, 9.17) is 23.2 Å². The number of anilines is 1. The Morgan fingerprint density at radius 3 is 2.30 bits per heavy atom. The molecule has 1 aliphatic rings. The standard InChI is InChI=1S/C29H40Cl2N4O4S/c1-6-26(29(37)32-24-10-8-7-9-11-24)34(18-22-14-15-23(30)17-25(22)31)28(36)19-35(40(38,39)33(4)5)27-16-20(2)12-13-21(27)3/h12-17,24,26H,6-11,18-19H2,1-5H3,(H,32,37). The summed E-state index contributed by atoms with van der Waals surface area (Å²) in [7, 11) is -1.19. The number of rotatable bonds is 11. The van der Waals surface area contributed by atoms with Gasteiger partial charge in [0.1, 0.15) is 12.6 Å². The molecule has 2 amide bonds. The molecule has 2 aromatic rings. The quantitative estimate of drug-likeness (QED) is 0.365. The van der Waals surface area contributed by atoms with Crippen molar-refractivity contribution in [3.63, 3.8) is 0 Å². The summed E-state index contributed by atoms with van der Waals surface area (Å²) < 4.78 is 29.2. The molecule has 0 spiro atoms. The molecule has 0 bridgehead atoms. The molecule has 220 valence electrons. The Bertz CT molecular complexity index is 1310. The molecule has 0 aliphatic heterocycles. The number of nitrogens with one attached hydrogen (secondary N) is 1. The normalized spacial score (nSPS) is 15.1. The average Bonchev–Trinajstić information content (AvgIpc) is 2.90. The highest BCUT2D eigenvalue weighted by Gasteiger charge is 2.35. The summed E-state index contributed by atoms with van der Waals surface area (Å²) in [6.07, 6.45) is 5.41. The van der Waals surface area contributed by atoms with E-state index in [0.717, 1.165) is 46.3 Å². The SMILES string of the molecule is CCC(C(=O)NC1CCCCC1)N(Cc1ccc(Cl)cc1Cl)C(=O)CN(c1cc(C)ccc1C)S(=O)(=O)N(C)C.